The summed E-state index contributed by atoms with van der Waals surface area (Å²) in [5, 5.41) is 11.3. The SMILES string of the molecule is C=C(OONC=C(OO[C@@H](CCCCC)CC[C@@H]1[C@H]2Cc3cccc(OCC(=O)OCC#CC#CC)c3C[C@H]2C[C@H]1O)C(C)C)c1ccccc1. The lowest BCUT2D eigenvalue weighted by atomic mass is 9.73. The fraction of sp³-hybridized carbons (Fsp3) is 0.500. The Morgan fingerprint density at radius 2 is 1.88 bits per heavy atom. The number of nitrogens with one attached hydrogen (secondary N) is 1. The lowest BCUT2D eigenvalue weighted by Crippen LogP contribution is -2.28. The van der Waals surface area contributed by atoms with E-state index in [1.54, 1.807) is 13.1 Å². The van der Waals surface area contributed by atoms with Crippen LogP contribution in [-0.4, -0.2) is 36.5 Å². The molecule has 0 bridgehead atoms. The van der Waals surface area contributed by atoms with Crippen molar-refractivity contribution >= 4 is 11.7 Å². The van der Waals surface area contributed by atoms with Crippen LogP contribution in [0.5, 0.6) is 5.75 Å². The van der Waals surface area contributed by atoms with Gasteiger partial charge in [0.2, 0.25) is 0 Å². The van der Waals surface area contributed by atoms with Gasteiger partial charge in [-0.2, -0.15) is 4.89 Å². The number of fused-ring (bicyclic) bond motifs is 2. The first kappa shape index (κ1) is 39.4. The number of hydroxylamine groups is 1. The van der Waals surface area contributed by atoms with Gasteiger partial charge in [-0.05, 0) is 98.2 Å². The van der Waals surface area contributed by atoms with E-state index < -0.39 is 5.97 Å². The predicted octanol–water partition coefficient (Wildman–Crippen LogP) is 7.65. The molecule has 4 rings (SSSR count). The van der Waals surface area contributed by atoms with Crippen LogP contribution in [0.2, 0.25) is 0 Å². The summed E-state index contributed by atoms with van der Waals surface area (Å²) >= 11 is 0. The van der Waals surface area contributed by atoms with Crippen molar-refractivity contribution in [2.45, 2.75) is 97.7 Å². The van der Waals surface area contributed by atoms with E-state index in [9.17, 15) is 9.90 Å². The van der Waals surface area contributed by atoms with Gasteiger partial charge < -0.3 is 24.4 Å². The Hall–Kier alpha value is -4.41. The van der Waals surface area contributed by atoms with E-state index in [1.165, 1.54) is 5.56 Å². The van der Waals surface area contributed by atoms with Crippen LogP contribution in [0.3, 0.4) is 0 Å². The third-order valence-corrected chi connectivity index (χ3v) is 9.56. The van der Waals surface area contributed by atoms with Crippen molar-refractivity contribution < 1.29 is 39.0 Å². The highest BCUT2D eigenvalue weighted by Crippen LogP contribution is 2.48. The Morgan fingerprint density at radius 3 is 2.65 bits per heavy atom. The summed E-state index contributed by atoms with van der Waals surface area (Å²) in [6.07, 6.45) is 9.22. The number of hydrogen-bond donors (Lipinski definition) is 2. The zero-order valence-corrected chi connectivity index (χ0v) is 30.5. The molecule has 2 aliphatic rings. The Labute approximate surface area is 303 Å². The molecule has 0 saturated heterocycles. The third kappa shape index (κ3) is 12.4. The number of carbonyl (C=O) groups is 1. The Bertz CT molecular complexity index is 1560. The molecule has 0 aromatic heterocycles. The zero-order valence-electron chi connectivity index (χ0n) is 30.5. The van der Waals surface area contributed by atoms with E-state index in [0.29, 0.717) is 29.1 Å². The molecule has 0 unspecified atom stereocenters. The molecule has 0 amide bonds. The number of carbonyl (C=O) groups excluding carboxylic acids is 1. The van der Waals surface area contributed by atoms with Gasteiger partial charge in [0.15, 0.2) is 24.7 Å². The predicted molar refractivity (Wildman–Crippen MR) is 196 cm³/mol. The summed E-state index contributed by atoms with van der Waals surface area (Å²) in [7, 11) is 0. The second-order valence-corrected chi connectivity index (χ2v) is 13.5. The zero-order chi connectivity index (χ0) is 36.4. The number of allylic oxidation sites excluding steroid dienone is 1. The van der Waals surface area contributed by atoms with Gasteiger partial charge in [0.1, 0.15) is 11.9 Å². The Kier molecular flexibility index (Phi) is 16.3. The highest BCUT2D eigenvalue weighted by Gasteiger charge is 2.45. The average molecular weight is 700 g/mol. The summed E-state index contributed by atoms with van der Waals surface area (Å²) < 4.78 is 11.1. The molecule has 2 aromatic rings. The molecule has 1 saturated carbocycles. The molecule has 9 nitrogen and oxygen atoms in total. The van der Waals surface area contributed by atoms with Crippen LogP contribution >= 0.6 is 0 Å². The van der Waals surface area contributed by atoms with Crippen LogP contribution in [0.1, 0.15) is 89.3 Å². The van der Waals surface area contributed by atoms with Crippen molar-refractivity contribution in [1.82, 2.24) is 5.48 Å². The molecule has 274 valence electrons. The van der Waals surface area contributed by atoms with E-state index >= 15 is 0 Å². The van der Waals surface area contributed by atoms with Gasteiger partial charge in [0.05, 0.1) is 12.3 Å². The number of aliphatic hydroxyl groups excluding tert-OH is 1. The minimum atomic E-state index is -0.476. The molecule has 2 aliphatic carbocycles. The van der Waals surface area contributed by atoms with Crippen LogP contribution in [0.4, 0.5) is 0 Å². The maximum atomic E-state index is 12.2. The molecule has 2 aromatic carbocycles. The number of rotatable bonds is 20. The first-order valence-electron chi connectivity index (χ1n) is 18.1. The van der Waals surface area contributed by atoms with E-state index in [-0.39, 0.29) is 37.3 Å². The van der Waals surface area contributed by atoms with Crippen LogP contribution in [0.15, 0.2) is 67.1 Å². The molecule has 9 heteroatoms. The van der Waals surface area contributed by atoms with Crippen molar-refractivity contribution in [3.63, 3.8) is 0 Å². The van der Waals surface area contributed by atoms with Gasteiger partial charge >= 0.3 is 5.97 Å². The maximum absolute atomic E-state index is 12.2. The molecule has 0 radical (unpaired) electrons. The molecule has 0 aliphatic heterocycles. The molecule has 5 atom stereocenters. The van der Waals surface area contributed by atoms with Gasteiger partial charge in [-0.3, -0.25) is 0 Å². The highest BCUT2D eigenvalue weighted by molar-refractivity contribution is 5.71. The topological polar surface area (TPSA) is 105 Å². The van der Waals surface area contributed by atoms with Crippen molar-refractivity contribution in [1.29, 1.82) is 0 Å². The van der Waals surface area contributed by atoms with E-state index in [4.69, 9.17) is 29.1 Å². The average Bonchev–Trinajstić information content (AvgIpc) is 3.44. The smallest absolute Gasteiger partial charge is 0.345 e. The van der Waals surface area contributed by atoms with Crippen molar-refractivity contribution in [2.75, 3.05) is 13.2 Å². The normalized spacial score (nSPS) is 19.7. The molecule has 0 heterocycles. The molecule has 51 heavy (non-hydrogen) atoms. The summed E-state index contributed by atoms with van der Waals surface area (Å²) in [6.45, 7) is 11.6. The molecule has 2 N–H and O–H groups in total. The molecular weight excluding hydrogens is 646 g/mol. The monoisotopic (exact) mass is 699 g/mol. The minimum absolute atomic E-state index is 0.0209. The van der Waals surface area contributed by atoms with Crippen LogP contribution in [-0.2, 0) is 42.0 Å². The number of ether oxygens (including phenoxy) is 2. The largest absolute Gasteiger partial charge is 0.482 e. The van der Waals surface area contributed by atoms with E-state index in [0.717, 1.165) is 68.9 Å². The summed E-state index contributed by atoms with van der Waals surface area (Å²) in [5.41, 5.74) is 5.81. The summed E-state index contributed by atoms with van der Waals surface area (Å²) in [4.78, 5) is 34.6. The number of unbranched alkanes of at least 4 members (excludes halogenated alkanes) is 2. The Morgan fingerprint density at radius 1 is 1.06 bits per heavy atom. The highest BCUT2D eigenvalue weighted by atomic mass is 17.3. The van der Waals surface area contributed by atoms with Crippen LogP contribution in [0, 0.1) is 47.4 Å². The fourth-order valence-corrected chi connectivity index (χ4v) is 6.86. The van der Waals surface area contributed by atoms with E-state index in [2.05, 4.69) is 48.7 Å². The van der Waals surface area contributed by atoms with Crippen molar-refractivity contribution in [3.8, 4) is 29.4 Å². The van der Waals surface area contributed by atoms with E-state index in [1.807, 2.05) is 56.3 Å². The van der Waals surface area contributed by atoms with Crippen molar-refractivity contribution in [3.05, 3.63) is 83.8 Å². The molecule has 0 spiro atoms. The van der Waals surface area contributed by atoms with Gasteiger partial charge in [-0.15, -0.1) is 0 Å². The first-order chi connectivity index (χ1) is 24.8. The van der Waals surface area contributed by atoms with Gasteiger partial charge in [0, 0.05) is 11.5 Å². The second-order valence-electron chi connectivity index (χ2n) is 13.5. The standard InChI is InChI=1S/C42H53NO8/c1-6-8-10-15-24-46-42(45)29-47-40-21-16-19-33-25-37-34(26-38(33)40)27-39(44)36(37)23-22-35(20-12-9-7-2)49-50-41(30(3)4)28-43-51-48-31(5)32-17-13-11-14-18-32/h11,13-14,16-19,21,28,30,34-37,39,43-44H,5,7,9,12,20,22-27,29H2,1-4H3/t34-,35-,36+,37-,39+/m0/s1. The fourth-order valence-electron chi connectivity index (χ4n) is 6.86. The lowest BCUT2D eigenvalue weighted by molar-refractivity contribution is -0.306. The maximum Gasteiger partial charge on any atom is 0.345 e. The minimum Gasteiger partial charge on any atom is -0.482 e. The van der Waals surface area contributed by atoms with Crippen LogP contribution < -0.4 is 10.2 Å². The summed E-state index contributed by atoms with van der Waals surface area (Å²) in [5.74, 6) is 12.6. The second kappa shape index (κ2) is 21.1. The van der Waals surface area contributed by atoms with Crippen LogP contribution in [0.25, 0.3) is 5.76 Å². The number of esters is 1. The molecular formula is C42H53NO8. The van der Waals surface area contributed by atoms with Gasteiger partial charge in [-0.1, -0.05) is 100.0 Å². The third-order valence-electron chi connectivity index (χ3n) is 9.56. The Balaban J connectivity index is 1.31. The van der Waals surface area contributed by atoms with Gasteiger partial charge in [-0.25, -0.2) is 10.3 Å². The number of benzene rings is 2. The quantitative estimate of drug-likeness (QED) is 0.0360. The lowest BCUT2D eigenvalue weighted by Gasteiger charge is -2.32. The first-order valence-corrected chi connectivity index (χ1v) is 18.1. The van der Waals surface area contributed by atoms with Crippen molar-refractivity contribution in [2.24, 2.45) is 23.7 Å². The number of hydrogen-bond acceptors (Lipinski definition) is 9. The summed E-state index contributed by atoms with van der Waals surface area (Å²) in [6, 6.07) is 15.5. The van der Waals surface area contributed by atoms with Gasteiger partial charge in [0.25, 0.3) is 0 Å². The number of aliphatic hydroxyl groups is 1. The molecule has 1 fully saturated rings.